The van der Waals surface area contributed by atoms with Gasteiger partial charge < -0.3 is 15.2 Å². The Morgan fingerprint density at radius 1 is 1.58 bits per heavy atom. The molecule has 1 aliphatic heterocycles. The summed E-state index contributed by atoms with van der Waals surface area (Å²) >= 11 is 0. The highest BCUT2D eigenvalue weighted by molar-refractivity contribution is 5.87. The lowest BCUT2D eigenvalue weighted by Gasteiger charge is -2.39. The van der Waals surface area contributed by atoms with Crippen molar-refractivity contribution in [2.75, 3.05) is 0 Å². The first kappa shape index (κ1) is 15.9. The van der Waals surface area contributed by atoms with Crippen molar-refractivity contribution in [3.8, 4) is 0 Å². The predicted molar refractivity (Wildman–Crippen MR) is 75.7 cm³/mol. The van der Waals surface area contributed by atoms with Gasteiger partial charge in [0.2, 0.25) is 5.91 Å². The Bertz CT molecular complexity index is 338. The SMILES string of the molecule is C=CC[C@@H]1O[C@H](C)[C@H](NC(=O)/C=C\C(C)O)C[C@H]1C. The molecular formula is C15H25NO3. The van der Waals surface area contributed by atoms with Crippen LogP contribution in [-0.2, 0) is 9.53 Å². The van der Waals surface area contributed by atoms with Crippen molar-refractivity contribution in [3.05, 3.63) is 24.8 Å². The molecule has 0 radical (unpaired) electrons. The van der Waals surface area contributed by atoms with Crippen molar-refractivity contribution in [1.29, 1.82) is 0 Å². The molecule has 0 saturated carbocycles. The molecule has 1 saturated heterocycles. The second kappa shape index (κ2) is 7.46. The van der Waals surface area contributed by atoms with E-state index >= 15 is 0 Å². The smallest absolute Gasteiger partial charge is 0.244 e. The monoisotopic (exact) mass is 267 g/mol. The van der Waals surface area contributed by atoms with Gasteiger partial charge in [-0.3, -0.25) is 4.79 Å². The van der Waals surface area contributed by atoms with Crippen molar-refractivity contribution < 1.29 is 14.6 Å². The van der Waals surface area contributed by atoms with E-state index in [0.717, 1.165) is 12.8 Å². The van der Waals surface area contributed by atoms with Gasteiger partial charge in [0.05, 0.1) is 24.4 Å². The van der Waals surface area contributed by atoms with Crippen LogP contribution in [0, 0.1) is 5.92 Å². The van der Waals surface area contributed by atoms with Gasteiger partial charge in [-0.15, -0.1) is 6.58 Å². The Morgan fingerprint density at radius 2 is 2.26 bits per heavy atom. The molecule has 4 heteroatoms. The maximum atomic E-state index is 11.7. The Labute approximate surface area is 115 Å². The average Bonchev–Trinajstić information content (AvgIpc) is 2.33. The summed E-state index contributed by atoms with van der Waals surface area (Å²) in [6, 6.07) is 0.0159. The van der Waals surface area contributed by atoms with Gasteiger partial charge in [0, 0.05) is 6.08 Å². The Morgan fingerprint density at radius 3 is 2.84 bits per heavy atom. The van der Waals surface area contributed by atoms with E-state index in [-0.39, 0.29) is 24.2 Å². The highest BCUT2D eigenvalue weighted by atomic mass is 16.5. The predicted octanol–water partition coefficient (Wildman–Crippen LogP) is 1.80. The highest BCUT2D eigenvalue weighted by Crippen LogP contribution is 2.27. The van der Waals surface area contributed by atoms with Crippen molar-refractivity contribution >= 4 is 5.91 Å². The number of rotatable bonds is 5. The molecule has 0 aromatic carbocycles. The molecule has 2 N–H and O–H groups in total. The molecule has 1 rings (SSSR count). The minimum atomic E-state index is -0.610. The van der Waals surface area contributed by atoms with E-state index in [1.165, 1.54) is 12.2 Å². The molecule has 108 valence electrons. The quantitative estimate of drug-likeness (QED) is 0.590. The van der Waals surface area contributed by atoms with Crippen LogP contribution >= 0.6 is 0 Å². The van der Waals surface area contributed by atoms with Gasteiger partial charge in [-0.1, -0.05) is 19.1 Å². The molecule has 1 amide bonds. The molecule has 1 unspecified atom stereocenters. The fourth-order valence-electron chi connectivity index (χ4n) is 2.33. The normalized spacial score (nSPS) is 33.1. The number of amides is 1. The summed E-state index contributed by atoms with van der Waals surface area (Å²) < 4.78 is 5.92. The van der Waals surface area contributed by atoms with Crippen LogP contribution in [0.25, 0.3) is 0 Å². The van der Waals surface area contributed by atoms with Crippen LogP contribution in [0.2, 0.25) is 0 Å². The minimum Gasteiger partial charge on any atom is -0.389 e. The number of aliphatic hydroxyl groups is 1. The molecule has 0 bridgehead atoms. The third-order valence-electron chi connectivity index (χ3n) is 3.47. The number of hydrogen-bond donors (Lipinski definition) is 2. The molecule has 0 spiro atoms. The van der Waals surface area contributed by atoms with Crippen LogP contribution in [0.4, 0.5) is 0 Å². The third-order valence-corrected chi connectivity index (χ3v) is 3.47. The zero-order valence-electron chi connectivity index (χ0n) is 12.0. The van der Waals surface area contributed by atoms with Crippen molar-refractivity contribution in [3.63, 3.8) is 0 Å². The van der Waals surface area contributed by atoms with E-state index in [2.05, 4.69) is 18.8 Å². The number of carbonyl (C=O) groups excluding carboxylic acids is 1. The number of aliphatic hydroxyl groups excluding tert-OH is 1. The second-order valence-corrected chi connectivity index (χ2v) is 5.33. The Balaban J connectivity index is 2.51. The number of nitrogens with one attached hydrogen (secondary N) is 1. The third kappa shape index (κ3) is 5.17. The van der Waals surface area contributed by atoms with E-state index in [0.29, 0.717) is 5.92 Å². The minimum absolute atomic E-state index is 0.00921. The number of ether oxygens (including phenoxy) is 1. The van der Waals surface area contributed by atoms with Gasteiger partial charge in [-0.2, -0.15) is 0 Å². The standard InChI is InChI=1S/C15H25NO3/c1-5-6-14-10(2)9-13(12(4)19-14)16-15(18)8-7-11(3)17/h5,7-8,10-14,17H,1,6,9H2,2-4H3,(H,16,18)/b8-7-/t10-,11?,12-,13-,14+/m1/s1. The van der Waals surface area contributed by atoms with Gasteiger partial charge in [-0.25, -0.2) is 0 Å². The Kier molecular flexibility index (Phi) is 6.25. The second-order valence-electron chi connectivity index (χ2n) is 5.33. The molecule has 1 heterocycles. The van der Waals surface area contributed by atoms with Gasteiger partial charge >= 0.3 is 0 Å². The fraction of sp³-hybridized carbons (Fsp3) is 0.667. The average molecular weight is 267 g/mol. The van der Waals surface area contributed by atoms with Gasteiger partial charge in [0.1, 0.15) is 0 Å². The summed E-state index contributed by atoms with van der Waals surface area (Å²) in [6.45, 7) is 9.46. The number of carbonyl (C=O) groups is 1. The molecule has 4 nitrogen and oxygen atoms in total. The van der Waals surface area contributed by atoms with Crippen LogP contribution in [0.3, 0.4) is 0 Å². The number of hydrogen-bond acceptors (Lipinski definition) is 3. The van der Waals surface area contributed by atoms with E-state index in [1.54, 1.807) is 6.92 Å². The van der Waals surface area contributed by atoms with Crippen molar-refractivity contribution in [2.24, 2.45) is 5.92 Å². The van der Waals surface area contributed by atoms with E-state index in [4.69, 9.17) is 9.84 Å². The molecule has 0 aliphatic carbocycles. The van der Waals surface area contributed by atoms with Crippen molar-refractivity contribution in [2.45, 2.75) is 58.0 Å². The first-order valence-electron chi connectivity index (χ1n) is 6.87. The maximum Gasteiger partial charge on any atom is 0.244 e. The topological polar surface area (TPSA) is 58.6 Å². The maximum absolute atomic E-state index is 11.7. The zero-order valence-corrected chi connectivity index (χ0v) is 12.0. The van der Waals surface area contributed by atoms with Gasteiger partial charge in [0.15, 0.2) is 0 Å². The van der Waals surface area contributed by atoms with E-state index < -0.39 is 6.10 Å². The van der Waals surface area contributed by atoms with Crippen LogP contribution in [-0.4, -0.2) is 35.4 Å². The van der Waals surface area contributed by atoms with Gasteiger partial charge in [0.25, 0.3) is 0 Å². The molecule has 19 heavy (non-hydrogen) atoms. The van der Waals surface area contributed by atoms with Crippen molar-refractivity contribution in [1.82, 2.24) is 5.32 Å². The molecular weight excluding hydrogens is 242 g/mol. The van der Waals surface area contributed by atoms with Crippen LogP contribution in [0.15, 0.2) is 24.8 Å². The zero-order chi connectivity index (χ0) is 14.4. The first-order chi connectivity index (χ1) is 8.93. The first-order valence-corrected chi connectivity index (χ1v) is 6.87. The molecule has 1 fully saturated rings. The van der Waals surface area contributed by atoms with E-state index in [1.807, 2.05) is 13.0 Å². The van der Waals surface area contributed by atoms with Gasteiger partial charge in [-0.05, 0) is 32.6 Å². The fourth-order valence-corrected chi connectivity index (χ4v) is 2.33. The summed E-state index contributed by atoms with van der Waals surface area (Å²) in [5.74, 6) is 0.205. The summed E-state index contributed by atoms with van der Waals surface area (Å²) in [5.41, 5.74) is 0. The molecule has 1 aliphatic rings. The lowest BCUT2D eigenvalue weighted by molar-refractivity contribution is -0.123. The van der Waals surface area contributed by atoms with Crippen LogP contribution in [0.1, 0.15) is 33.6 Å². The molecule has 0 aromatic heterocycles. The molecule has 5 atom stereocenters. The largest absolute Gasteiger partial charge is 0.389 e. The van der Waals surface area contributed by atoms with Crippen LogP contribution in [0.5, 0.6) is 0 Å². The highest BCUT2D eigenvalue weighted by Gasteiger charge is 2.33. The molecule has 0 aromatic rings. The Hall–Kier alpha value is -1.13. The summed E-state index contributed by atoms with van der Waals surface area (Å²) in [4.78, 5) is 11.7. The van der Waals surface area contributed by atoms with Crippen LogP contribution < -0.4 is 5.32 Å². The lowest BCUT2D eigenvalue weighted by atomic mass is 9.88. The lowest BCUT2D eigenvalue weighted by Crippen LogP contribution is -2.50. The summed E-state index contributed by atoms with van der Waals surface area (Å²) in [6.07, 6.45) is 6.02. The summed E-state index contributed by atoms with van der Waals surface area (Å²) in [7, 11) is 0. The van der Waals surface area contributed by atoms with E-state index in [9.17, 15) is 4.79 Å². The summed E-state index contributed by atoms with van der Waals surface area (Å²) in [5, 5.41) is 12.0.